The lowest BCUT2D eigenvalue weighted by atomic mass is 10.2. The predicted molar refractivity (Wildman–Crippen MR) is 80.4 cm³/mol. The quantitative estimate of drug-likeness (QED) is 0.814. The Balaban J connectivity index is 1.90. The van der Waals surface area contributed by atoms with Crippen molar-refractivity contribution in [2.24, 2.45) is 0 Å². The molecule has 0 radical (unpaired) electrons. The van der Waals surface area contributed by atoms with Crippen molar-refractivity contribution in [3.05, 3.63) is 46.4 Å². The molecule has 0 aliphatic carbocycles. The van der Waals surface area contributed by atoms with Crippen LogP contribution in [-0.4, -0.2) is 13.2 Å². The summed E-state index contributed by atoms with van der Waals surface area (Å²) in [4.78, 5) is 1.94. The van der Waals surface area contributed by atoms with Crippen LogP contribution < -0.4 is 9.47 Å². The molecule has 0 saturated carbocycles. The smallest absolute Gasteiger partial charge is 0.162 e. The molecule has 0 atom stereocenters. The third kappa shape index (κ3) is 2.77. The first-order valence-electron chi connectivity index (χ1n) is 6.03. The maximum Gasteiger partial charge on any atom is 0.162 e. The van der Waals surface area contributed by atoms with E-state index in [0.29, 0.717) is 18.8 Å². The van der Waals surface area contributed by atoms with Gasteiger partial charge in [0.05, 0.1) is 5.56 Å². The van der Waals surface area contributed by atoms with Crippen LogP contribution in [0.4, 0.5) is 0 Å². The van der Waals surface area contributed by atoms with Crippen LogP contribution in [0.25, 0.3) is 0 Å². The van der Waals surface area contributed by atoms with Crippen molar-refractivity contribution in [2.45, 2.75) is 9.79 Å². The fourth-order valence-electron chi connectivity index (χ4n) is 1.89. The van der Waals surface area contributed by atoms with Gasteiger partial charge in [0.1, 0.15) is 19.3 Å². The molecule has 20 heavy (non-hydrogen) atoms. The van der Waals surface area contributed by atoms with Gasteiger partial charge in [-0.25, -0.2) is 0 Å². The topological polar surface area (TPSA) is 42.2 Å². The number of nitriles is 1. The van der Waals surface area contributed by atoms with E-state index in [4.69, 9.17) is 9.47 Å². The van der Waals surface area contributed by atoms with Gasteiger partial charge >= 0.3 is 0 Å². The summed E-state index contributed by atoms with van der Waals surface area (Å²) >= 11 is 4.92. The molecular weight excluding hydrogens is 338 g/mol. The zero-order valence-electron chi connectivity index (χ0n) is 10.4. The maximum absolute atomic E-state index is 9.18. The summed E-state index contributed by atoms with van der Waals surface area (Å²) in [6.45, 7) is 1.16. The summed E-state index contributed by atoms with van der Waals surface area (Å²) in [7, 11) is 0. The van der Waals surface area contributed by atoms with E-state index in [1.54, 1.807) is 11.8 Å². The number of nitrogens with zero attached hydrogens (tertiary/aromatic N) is 1. The van der Waals surface area contributed by atoms with Crippen molar-refractivity contribution >= 4 is 27.7 Å². The number of halogens is 1. The van der Waals surface area contributed by atoms with Gasteiger partial charge < -0.3 is 9.47 Å². The van der Waals surface area contributed by atoms with Gasteiger partial charge in [-0.1, -0.05) is 27.7 Å². The fraction of sp³-hybridized carbons (Fsp3) is 0.133. The van der Waals surface area contributed by atoms with Gasteiger partial charge in [0.15, 0.2) is 11.5 Å². The highest BCUT2D eigenvalue weighted by atomic mass is 79.9. The maximum atomic E-state index is 9.18. The van der Waals surface area contributed by atoms with E-state index in [1.165, 1.54) is 0 Å². The molecule has 100 valence electrons. The summed E-state index contributed by atoms with van der Waals surface area (Å²) in [6.07, 6.45) is 0. The minimum atomic E-state index is 0.572. The Kier molecular flexibility index (Phi) is 3.86. The molecule has 0 spiro atoms. The second-order valence-electron chi connectivity index (χ2n) is 4.16. The lowest BCUT2D eigenvalue weighted by Gasteiger charge is -2.18. The van der Waals surface area contributed by atoms with Gasteiger partial charge in [-0.05, 0) is 36.4 Å². The molecule has 0 unspecified atom stereocenters. The Hall–Kier alpha value is -1.64. The predicted octanol–water partition coefficient (Wildman–Crippen LogP) is 4.24. The van der Waals surface area contributed by atoms with Crippen molar-refractivity contribution in [3.8, 4) is 17.6 Å². The van der Waals surface area contributed by atoms with Crippen molar-refractivity contribution < 1.29 is 9.47 Å². The van der Waals surface area contributed by atoms with Crippen LogP contribution in [-0.2, 0) is 0 Å². The standard InChI is InChI=1S/C15H10BrNO2S/c16-11-1-4-15(10(7-11)9-17)20-12-2-3-13-14(8-12)19-6-5-18-13/h1-4,7-8H,5-6H2. The van der Waals surface area contributed by atoms with Crippen LogP contribution in [0.3, 0.4) is 0 Å². The Morgan fingerprint density at radius 1 is 1.05 bits per heavy atom. The van der Waals surface area contributed by atoms with Crippen LogP contribution in [0.2, 0.25) is 0 Å². The first kappa shape index (κ1) is 13.3. The van der Waals surface area contributed by atoms with E-state index in [9.17, 15) is 5.26 Å². The zero-order valence-corrected chi connectivity index (χ0v) is 12.8. The van der Waals surface area contributed by atoms with Crippen molar-refractivity contribution in [1.29, 1.82) is 5.26 Å². The van der Waals surface area contributed by atoms with Crippen LogP contribution >= 0.6 is 27.7 Å². The van der Waals surface area contributed by atoms with Crippen molar-refractivity contribution in [3.63, 3.8) is 0 Å². The van der Waals surface area contributed by atoms with E-state index in [-0.39, 0.29) is 0 Å². The van der Waals surface area contributed by atoms with Gasteiger partial charge in [-0.15, -0.1) is 0 Å². The number of benzene rings is 2. The van der Waals surface area contributed by atoms with Gasteiger partial charge in [0.2, 0.25) is 0 Å². The second kappa shape index (κ2) is 5.78. The molecule has 2 aromatic rings. The Labute approximate surface area is 129 Å². The van der Waals surface area contributed by atoms with E-state index in [0.717, 1.165) is 25.8 Å². The summed E-state index contributed by atoms with van der Waals surface area (Å²) < 4.78 is 12.0. The molecule has 0 bridgehead atoms. The Bertz CT molecular complexity index is 697. The first-order chi connectivity index (χ1) is 9.76. The lowest BCUT2D eigenvalue weighted by molar-refractivity contribution is 0.171. The third-order valence-corrected chi connectivity index (χ3v) is 4.36. The van der Waals surface area contributed by atoms with E-state index in [2.05, 4.69) is 22.0 Å². The molecule has 2 aromatic carbocycles. The third-order valence-electron chi connectivity index (χ3n) is 2.80. The highest BCUT2D eigenvalue weighted by molar-refractivity contribution is 9.10. The van der Waals surface area contributed by atoms with Crippen molar-refractivity contribution in [1.82, 2.24) is 0 Å². The molecule has 3 nitrogen and oxygen atoms in total. The second-order valence-corrected chi connectivity index (χ2v) is 6.19. The Morgan fingerprint density at radius 2 is 1.85 bits per heavy atom. The molecule has 3 rings (SSSR count). The van der Waals surface area contributed by atoms with Crippen LogP contribution in [0.15, 0.2) is 50.7 Å². The Morgan fingerprint density at radius 3 is 2.65 bits per heavy atom. The number of hydrogen-bond acceptors (Lipinski definition) is 4. The first-order valence-corrected chi connectivity index (χ1v) is 7.64. The van der Waals surface area contributed by atoms with Crippen LogP contribution in [0.1, 0.15) is 5.56 Å². The molecule has 0 saturated heterocycles. The van der Waals surface area contributed by atoms with Gasteiger partial charge in [-0.3, -0.25) is 0 Å². The lowest BCUT2D eigenvalue weighted by Crippen LogP contribution is -2.15. The van der Waals surface area contributed by atoms with Crippen molar-refractivity contribution in [2.75, 3.05) is 13.2 Å². The number of rotatable bonds is 2. The monoisotopic (exact) mass is 347 g/mol. The summed E-state index contributed by atoms with van der Waals surface area (Å²) in [5.41, 5.74) is 0.652. The zero-order chi connectivity index (χ0) is 13.9. The summed E-state index contributed by atoms with van der Waals surface area (Å²) in [6, 6.07) is 13.7. The molecule has 1 aliphatic rings. The minimum Gasteiger partial charge on any atom is -0.486 e. The normalized spacial score (nSPS) is 12.8. The van der Waals surface area contributed by atoms with Crippen LogP contribution in [0, 0.1) is 11.3 Å². The largest absolute Gasteiger partial charge is 0.486 e. The molecule has 0 N–H and O–H groups in total. The molecular formula is C15H10BrNO2S. The van der Waals surface area contributed by atoms with E-state index >= 15 is 0 Å². The summed E-state index contributed by atoms with van der Waals surface area (Å²) in [5.74, 6) is 1.54. The fourth-order valence-corrected chi connectivity index (χ4v) is 3.16. The number of fused-ring (bicyclic) bond motifs is 1. The molecule has 1 aliphatic heterocycles. The molecule has 1 heterocycles. The summed E-state index contributed by atoms with van der Waals surface area (Å²) in [5, 5.41) is 9.18. The van der Waals surface area contributed by atoms with E-state index < -0.39 is 0 Å². The number of hydrogen-bond donors (Lipinski definition) is 0. The SMILES string of the molecule is N#Cc1cc(Br)ccc1Sc1ccc2c(c1)OCCO2. The van der Waals surface area contributed by atoms with Crippen LogP contribution in [0.5, 0.6) is 11.5 Å². The number of ether oxygens (including phenoxy) is 2. The molecule has 0 fully saturated rings. The van der Waals surface area contributed by atoms with Gasteiger partial charge in [-0.2, -0.15) is 5.26 Å². The minimum absolute atomic E-state index is 0.572. The molecule has 0 aromatic heterocycles. The van der Waals surface area contributed by atoms with Gasteiger partial charge in [0, 0.05) is 14.3 Å². The average Bonchev–Trinajstić information content (AvgIpc) is 2.49. The average molecular weight is 348 g/mol. The highest BCUT2D eigenvalue weighted by Gasteiger charge is 2.13. The molecule has 0 amide bonds. The highest BCUT2D eigenvalue weighted by Crippen LogP contribution is 2.38. The van der Waals surface area contributed by atoms with E-state index in [1.807, 2.05) is 36.4 Å². The molecule has 5 heteroatoms. The van der Waals surface area contributed by atoms with Gasteiger partial charge in [0.25, 0.3) is 0 Å².